The summed E-state index contributed by atoms with van der Waals surface area (Å²) in [5.41, 5.74) is 5.43. The Hall–Kier alpha value is -1.20. The molecule has 0 aliphatic heterocycles. The van der Waals surface area contributed by atoms with E-state index in [4.69, 9.17) is 0 Å². The van der Waals surface area contributed by atoms with Crippen LogP contribution in [0, 0.1) is 0 Å². The maximum atomic E-state index is 4.43. The van der Waals surface area contributed by atoms with Crippen LogP contribution in [0.5, 0.6) is 0 Å². The van der Waals surface area contributed by atoms with E-state index in [1.54, 1.807) is 11.3 Å². The molecule has 0 aliphatic rings. The van der Waals surface area contributed by atoms with Crippen LogP contribution in [-0.2, 0) is 20.0 Å². The number of aryl methyl sites for hydroxylation is 2. The van der Waals surface area contributed by atoms with Gasteiger partial charge in [0, 0.05) is 36.8 Å². The van der Waals surface area contributed by atoms with E-state index >= 15 is 0 Å². The highest BCUT2D eigenvalue weighted by Crippen LogP contribution is 2.14. The molecular weight excluding hydrogens is 232 g/mol. The molecule has 17 heavy (non-hydrogen) atoms. The van der Waals surface area contributed by atoms with Gasteiger partial charge in [-0.25, -0.2) is 4.98 Å². The lowest BCUT2D eigenvalue weighted by Gasteiger charge is -2.10. The summed E-state index contributed by atoms with van der Waals surface area (Å²) < 4.78 is 1.88. The molecule has 5 heteroatoms. The van der Waals surface area contributed by atoms with E-state index in [1.807, 2.05) is 17.2 Å². The number of hydrogen-bond acceptors (Lipinski definition) is 4. The van der Waals surface area contributed by atoms with E-state index in [1.165, 1.54) is 11.3 Å². The van der Waals surface area contributed by atoms with Crippen LogP contribution in [0.1, 0.15) is 36.8 Å². The molecule has 0 radical (unpaired) electrons. The summed E-state index contributed by atoms with van der Waals surface area (Å²) in [5, 5.41) is 10.00. The first-order valence-corrected chi connectivity index (χ1v) is 6.77. The lowest BCUT2D eigenvalue weighted by atomic mass is 10.2. The third-order valence-corrected chi connectivity index (χ3v) is 3.43. The van der Waals surface area contributed by atoms with Crippen LogP contribution >= 0.6 is 11.3 Å². The van der Waals surface area contributed by atoms with E-state index in [0.29, 0.717) is 0 Å². The van der Waals surface area contributed by atoms with Gasteiger partial charge < -0.3 is 5.32 Å². The average molecular weight is 250 g/mol. The van der Waals surface area contributed by atoms with Crippen molar-refractivity contribution in [1.29, 1.82) is 0 Å². The smallest absolute Gasteiger partial charge is 0.0795 e. The molecule has 1 atom stereocenters. The first kappa shape index (κ1) is 12.3. The summed E-state index contributed by atoms with van der Waals surface area (Å²) in [6, 6.07) is 0.283. The van der Waals surface area contributed by atoms with E-state index in [-0.39, 0.29) is 6.04 Å². The van der Waals surface area contributed by atoms with Crippen LogP contribution in [0.15, 0.2) is 17.1 Å². The monoisotopic (exact) mass is 250 g/mol. The Kier molecular flexibility index (Phi) is 3.91. The van der Waals surface area contributed by atoms with Gasteiger partial charge in [-0.15, -0.1) is 11.3 Å². The summed E-state index contributed by atoms with van der Waals surface area (Å²) in [5.74, 6) is 0. The Labute approximate surface area is 106 Å². The number of nitrogens with zero attached hydrogens (tertiary/aromatic N) is 3. The molecule has 0 amide bonds. The van der Waals surface area contributed by atoms with Gasteiger partial charge in [-0.3, -0.25) is 4.68 Å². The quantitative estimate of drug-likeness (QED) is 0.885. The standard InChI is InChI=1S/C12H18N4S/c1-4-11-10(6-16(3)15-11)5-13-9(2)12-7-17-8-14-12/h6-9,13H,4-5H2,1-3H3. The van der Waals surface area contributed by atoms with Gasteiger partial charge >= 0.3 is 0 Å². The van der Waals surface area contributed by atoms with Gasteiger partial charge in [-0.05, 0) is 13.3 Å². The Morgan fingerprint density at radius 2 is 2.35 bits per heavy atom. The normalized spacial score (nSPS) is 12.9. The highest BCUT2D eigenvalue weighted by atomic mass is 32.1. The van der Waals surface area contributed by atoms with Crippen molar-refractivity contribution in [3.8, 4) is 0 Å². The first-order chi connectivity index (χ1) is 8.20. The van der Waals surface area contributed by atoms with Crippen LogP contribution in [0.25, 0.3) is 0 Å². The molecule has 2 aromatic rings. The zero-order valence-electron chi connectivity index (χ0n) is 10.5. The highest BCUT2D eigenvalue weighted by Gasteiger charge is 2.09. The lowest BCUT2D eigenvalue weighted by Crippen LogP contribution is -2.18. The second kappa shape index (κ2) is 5.42. The fourth-order valence-corrected chi connectivity index (χ4v) is 2.48. The van der Waals surface area contributed by atoms with Gasteiger partial charge in [0.15, 0.2) is 0 Å². The van der Waals surface area contributed by atoms with Crippen molar-refractivity contribution in [1.82, 2.24) is 20.1 Å². The maximum Gasteiger partial charge on any atom is 0.0795 e. The molecule has 1 N–H and O–H groups in total. The zero-order valence-corrected chi connectivity index (χ0v) is 11.3. The Morgan fingerprint density at radius 3 is 3.00 bits per heavy atom. The largest absolute Gasteiger partial charge is 0.305 e. The summed E-state index contributed by atoms with van der Waals surface area (Å²) >= 11 is 1.63. The zero-order chi connectivity index (χ0) is 12.3. The first-order valence-electron chi connectivity index (χ1n) is 5.83. The number of aromatic nitrogens is 3. The summed E-state index contributed by atoms with van der Waals surface area (Å²) in [7, 11) is 1.96. The van der Waals surface area contributed by atoms with Crippen molar-refractivity contribution < 1.29 is 0 Å². The fourth-order valence-electron chi connectivity index (χ4n) is 1.83. The van der Waals surface area contributed by atoms with Gasteiger partial charge in [0.1, 0.15) is 0 Å². The molecule has 1 unspecified atom stereocenters. The van der Waals surface area contributed by atoms with Crippen molar-refractivity contribution in [3.05, 3.63) is 34.0 Å². The minimum Gasteiger partial charge on any atom is -0.305 e. The predicted molar refractivity (Wildman–Crippen MR) is 70.0 cm³/mol. The number of rotatable bonds is 5. The molecule has 2 rings (SSSR count). The van der Waals surface area contributed by atoms with Crippen LogP contribution in [0.2, 0.25) is 0 Å². The summed E-state index contributed by atoms with van der Waals surface area (Å²) in [6.07, 6.45) is 3.06. The molecule has 0 aliphatic carbocycles. The van der Waals surface area contributed by atoms with Gasteiger partial charge in [0.25, 0.3) is 0 Å². The van der Waals surface area contributed by atoms with Gasteiger partial charge in [-0.2, -0.15) is 5.10 Å². The predicted octanol–water partition coefficient (Wildman–Crippen LogP) is 2.29. The second-order valence-electron chi connectivity index (χ2n) is 4.14. The fraction of sp³-hybridized carbons (Fsp3) is 0.500. The van der Waals surface area contributed by atoms with E-state index < -0.39 is 0 Å². The van der Waals surface area contributed by atoms with Gasteiger partial charge in [0.05, 0.1) is 16.9 Å². The topological polar surface area (TPSA) is 42.7 Å². The Bertz CT molecular complexity index is 461. The molecule has 0 bridgehead atoms. The summed E-state index contributed by atoms with van der Waals surface area (Å²) in [6.45, 7) is 5.11. The van der Waals surface area contributed by atoms with Crippen molar-refractivity contribution >= 4 is 11.3 Å². The van der Waals surface area contributed by atoms with E-state index in [2.05, 4.69) is 40.8 Å². The van der Waals surface area contributed by atoms with Crippen molar-refractivity contribution in [3.63, 3.8) is 0 Å². The Balaban J connectivity index is 1.97. The molecular formula is C12H18N4S. The number of nitrogens with one attached hydrogen (secondary N) is 1. The van der Waals surface area contributed by atoms with Crippen molar-refractivity contribution in [2.75, 3.05) is 0 Å². The van der Waals surface area contributed by atoms with Crippen LogP contribution in [-0.4, -0.2) is 14.8 Å². The van der Waals surface area contributed by atoms with Crippen molar-refractivity contribution in [2.24, 2.45) is 7.05 Å². The third-order valence-electron chi connectivity index (χ3n) is 2.82. The third kappa shape index (κ3) is 2.92. The SMILES string of the molecule is CCc1nn(C)cc1CNC(C)c1cscn1. The van der Waals surface area contributed by atoms with Gasteiger partial charge in [0.2, 0.25) is 0 Å². The molecule has 0 fully saturated rings. The molecule has 4 nitrogen and oxygen atoms in total. The average Bonchev–Trinajstić information content (AvgIpc) is 2.94. The number of hydrogen-bond donors (Lipinski definition) is 1. The molecule has 0 aromatic carbocycles. The van der Waals surface area contributed by atoms with E-state index in [0.717, 1.165) is 18.7 Å². The van der Waals surface area contributed by atoms with E-state index in [9.17, 15) is 0 Å². The lowest BCUT2D eigenvalue weighted by molar-refractivity contribution is 0.562. The minimum absolute atomic E-state index is 0.283. The van der Waals surface area contributed by atoms with Crippen LogP contribution in [0.3, 0.4) is 0 Å². The van der Waals surface area contributed by atoms with Crippen molar-refractivity contribution in [2.45, 2.75) is 32.9 Å². The highest BCUT2D eigenvalue weighted by molar-refractivity contribution is 7.07. The van der Waals surface area contributed by atoms with Gasteiger partial charge in [-0.1, -0.05) is 6.92 Å². The molecule has 92 valence electrons. The maximum absolute atomic E-state index is 4.43. The molecule has 0 spiro atoms. The van der Waals surface area contributed by atoms with Crippen LogP contribution in [0.4, 0.5) is 0 Å². The number of thiazole rings is 1. The second-order valence-corrected chi connectivity index (χ2v) is 4.86. The minimum atomic E-state index is 0.283. The molecule has 2 aromatic heterocycles. The molecule has 2 heterocycles. The molecule has 0 saturated heterocycles. The molecule has 0 saturated carbocycles. The summed E-state index contributed by atoms with van der Waals surface area (Å²) in [4.78, 5) is 4.31. The van der Waals surface area contributed by atoms with Crippen LogP contribution < -0.4 is 5.32 Å². The Morgan fingerprint density at radius 1 is 1.53 bits per heavy atom.